The predicted octanol–water partition coefficient (Wildman–Crippen LogP) is 2.83. The molecular formula is C17H17F4N2O2+. The number of carbonyl (C=O) groups is 1. The summed E-state index contributed by atoms with van der Waals surface area (Å²) in [5.41, 5.74) is 0.987. The zero-order chi connectivity index (χ0) is 18.4. The molecule has 0 saturated heterocycles. The van der Waals surface area contributed by atoms with Gasteiger partial charge in [-0.15, -0.1) is 0 Å². The number of anilines is 1. The molecule has 0 radical (unpaired) electrons. The number of amides is 1. The Morgan fingerprint density at radius 3 is 2.40 bits per heavy atom. The first kappa shape index (κ1) is 18.7. The molecule has 3 N–H and O–H groups in total. The largest absolute Gasteiger partial charge is 0.435 e. The van der Waals surface area contributed by atoms with E-state index in [1.165, 1.54) is 30.3 Å². The fraction of sp³-hybridized carbons (Fsp3) is 0.235. The predicted molar refractivity (Wildman–Crippen MR) is 83.3 cm³/mol. The normalized spacial score (nSPS) is 12.1. The second kappa shape index (κ2) is 8.48. The van der Waals surface area contributed by atoms with Gasteiger partial charge in [0.25, 0.3) is 5.91 Å². The Kier molecular flexibility index (Phi) is 6.35. The first-order chi connectivity index (χ1) is 11.8. The molecule has 4 nitrogen and oxygen atoms in total. The van der Waals surface area contributed by atoms with Crippen molar-refractivity contribution in [3.8, 4) is 5.75 Å². The second-order valence-corrected chi connectivity index (χ2v) is 5.35. The third kappa shape index (κ3) is 5.75. The number of benzene rings is 2. The van der Waals surface area contributed by atoms with Crippen LogP contribution >= 0.6 is 0 Å². The number of carbonyl (C=O) groups excluding carboxylic acids is 1. The van der Waals surface area contributed by atoms with Gasteiger partial charge in [-0.05, 0) is 49.4 Å². The van der Waals surface area contributed by atoms with Crippen molar-refractivity contribution in [3.63, 3.8) is 0 Å². The van der Waals surface area contributed by atoms with Gasteiger partial charge in [0.05, 0.1) is 0 Å². The van der Waals surface area contributed by atoms with Crippen LogP contribution in [0.4, 0.5) is 23.2 Å². The average molecular weight is 357 g/mol. The summed E-state index contributed by atoms with van der Waals surface area (Å²) in [6.07, 6.45) is 0. The summed E-state index contributed by atoms with van der Waals surface area (Å²) in [6.45, 7) is -1.10. The molecule has 1 atom stereocenters. The van der Waals surface area contributed by atoms with Crippen molar-refractivity contribution < 1.29 is 32.4 Å². The summed E-state index contributed by atoms with van der Waals surface area (Å²) >= 11 is 0. The maximum absolute atomic E-state index is 13.2. The fourth-order valence-corrected chi connectivity index (χ4v) is 2.15. The highest BCUT2D eigenvalue weighted by atomic mass is 19.3. The molecule has 0 spiro atoms. The lowest BCUT2D eigenvalue weighted by Crippen LogP contribution is -2.86. The van der Waals surface area contributed by atoms with Crippen molar-refractivity contribution in [1.82, 2.24) is 0 Å². The second-order valence-electron chi connectivity index (χ2n) is 5.35. The van der Waals surface area contributed by atoms with Crippen LogP contribution in [0.2, 0.25) is 0 Å². The molecule has 0 fully saturated rings. The van der Waals surface area contributed by atoms with Gasteiger partial charge in [0.1, 0.15) is 11.8 Å². The van der Waals surface area contributed by atoms with Crippen LogP contribution in [0, 0.1) is 11.6 Å². The molecule has 0 aliphatic rings. The number of hydrogen-bond donors (Lipinski definition) is 2. The minimum absolute atomic E-state index is 0.00785. The topological polar surface area (TPSA) is 54.9 Å². The molecular weight excluding hydrogens is 340 g/mol. The van der Waals surface area contributed by atoms with Gasteiger partial charge >= 0.3 is 6.61 Å². The molecule has 2 aromatic carbocycles. The Morgan fingerprint density at radius 2 is 1.80 bits per heavy atom. The molecule has 8 heteroatoms. The highest BCUT2D eigenvalue weighted by Gasteiger charge is 2.14. The van der Waals surface area contributed by atoms with Crippen LogP contribution in [-0.2, 0) is 4.79 Å². The average Bonchev–Trinajstić information content (AvgIpc) is 2.56. The van der Waals surface area contributed by atoms with Crippen LogP contribution in [0.25, 0.3) is 0 Å². The number of nitrogens with one attached hydrogen (secondary N) is 1. The first-order valence-electron chi connectivity index (χ1n) is 7.48. The summed E-state index contributed by atoms with van der Waals surface area (Å²) < 4.78 is 54.4. The summed E-state index contributed by atoms with van der Waals surface area (Å²) in [6, 6.07) is 8.85. The van der Waals surface area contributed by atoms with Crippen molar-refractivity contribution in [2.45, 2.75) is 19.6 Å². The number of halogens is 4. The maximum atomic E-state index is 13.2. The van der Waals surface area contributed by atoms with Crippen molar-refractivity contribution in [3.05, 3.63) is 59.7 Å². The lowest BCUT2D eigenvalue weighted by Gasteiger charge is -2.12. The van der Waals surface area contributed by atoms with Crippen molar-refractivity contribution in [2.24, 2.45) is 0 Å². The molecule has 1 amide bonds. The molecule has 0 aliphatic carbocycles. The van der Waals surface area contributed by atoms with Gasteiger partial charge in [0, 0.05) is 11.3 Å². The summed E-state index contributed by atoms with van der Waals surface area (Å²) in [5, 5.41) is 4.27. The third-order valence-corrected chi connectivity index (χ3v) is 3.49. The van der Waals surface area contributed by atoms with E-state index in [2.05, 4.69) is 10.1 Å². The Balaban J connectivity index is 1.84. The highest BCUT2D eigenvalue weighted by molar-refractivity contribution is 5.91. The quantitative estimate of drug-likeness (QED) is 0.749. The molecule has 0 heterocycles. The number of alkyl halides is 2. The molecule has 0 aromatic heterocycles. The molecule has 2 rings (SSSR count). The van der Waals surface area contributed by atoms with Gasteiger partial charge in [-0.2, -0.15) is 8.78 Å². The molecule has 25 heavy (non-hydrogen) atoms. The van der Waals surface area contributed by atoms with E-state index in [0.717, 1.165) is 12.1 Å². The van der Waals surface area contributed by atoms with Crippen LogP contribution in [0.3, 0.4) is 0 Å². The van der Waals surface area contributed by atoms with Crippen LogP contribution in [-0.4, -0.2) is 19.1 Å². The zero-order valence-corrected chi connectivity index (χ0v) is 13.3. The fourth-order valence-electron chi connectivity index (χ4n) is 2.15. The first-order valence-corrected chi connectivity index (χ1v) is 7.48. The van der Waals surface area contributed by atoms with E-state index in [1.54, 1.807) is 12.2 Å². The van der Waals surface area contributed by atoms with Crippen molar-refractivity contribution in [1.29, 1.82) is 0 Å². The van der Waals surface area contributed by atoms with E-state index in [9.17, 15) is 22.4 Å². The van der Waals surface area contributed by atoms with E-state index in [-0.39, 0.29) is 24.2 Å². The molecule has 134 valence electrons. The lowest BCUT2D eigenvalue weighted by atomic mass is 10.1. The van der Waals surface area contributed by atoms with E-state index in [1.807, 2.05) is 0 Å². The van der Waals surface area contributed by atoms with Crippen LogP contribution in [0.5, 0.6) is 5.75 Å². The lowest BCUT2D eigenvalue weighted by molar-refractivity contribution is -0.682. The van der Waals surface area contributed by atoms with Gasteiger partial charge in [0.15, 0.2) is 18.2 Å². The van der Waals surface area contributed by atoms with E-state index in [4.69, 9.17) is 0 Å². The number of quaternary nitrogens is 1. The minimum atomic E-state index is -2.91. The number of rotatable bonds is 7. The maximum Gasteiger partial charge on any atom is 0.387 e. The monoisotopic (exact) mass is 357 g/mol. The summed E-state index contributed by atoms with van der Waals surface area (Å²) in [4.78, 5) is 11.9. The standard InChI is InChI=1S/C17H16F4N2O2/c1-10(11-2-7-14(18)15(19)8-11)22-9-16(24)23-12-3-5-13(6-4-12)25-17(20)21/h2-8,10,17,22H,9H2,1H3,(H,23,24)/p+1/t10-/m0/s1. The Morgan fingerprint density at radius 1 is 1.12 bits per heavy atom. The minimum Gasteiger partial charge on any atom is -0.435 e. The van der Waals surface area contributed by atoms with E-state index in [0.29, 0.717) is 11.3 Å². The molecule has 2 aromatic rings. The Bertz CT molecular complexity index is 723. The van der Waals surface area contributed by atoms with Gasteiger partial charge in [-0.1, -0.05) is 0 Å². The SMILES string of the molecule is C[C@H]([NH2+]CC(=O)Nc1ccc(OC(F)F)cc1)c1ccc(F)c(F)c1. The smallest absolute Gasteiger partial charge is 0.387 e. The molecule has 0 unspecified atom stereocenters. The van der Waals surface area contributed by atoms with Crippen LogP contribution in [0.15, 0.2) is 42.5 Å². The van der Waals surface area contributed by atoms with Crippen molar-refractivity contribution >= 4 is 11.6 Å². The van der Waals surface area contributed by atoms with Gasteiger partial charge in [-0.25, -0.2) is 8.78 Å². The number of ether oxygens (including phenoxy) is 1. The number of nitrogens with two attached hydrogens (primary N) is 1. The van der Waals surface area contributed by atoms with Gasteiger partial charge in [0.2, 0.25) is 0 Å². The summed E-state index contributed by atoms with van der Waals surface area (Å²) in [5.74, 6) is -2.19. The van der Waals surface area contributed by atoms with Crippen LogP contribution < -0.4 is 15.4 Å². The van der Waals surface area contributed by atoms with E-state index >= 15 is 0 Å². The van der Waals surface area contributed by atoms with E-state index < -0.39 is 18.2 Å². The van der Waals surface area contributed by atoms with Gasteiger partial charge in [-0.3, -0.25) is 4.79 Å². The zero-order valence-electron chi connectivity index (χ0n) is 13.3. The molecule has 0 saturated carbocycles. The number of hydrogen-bond acceptors (Lipinski definition) is 2. The third-order valence-electron chi connectivity index (χ3n) is 3.49. The van der Waals surface area contributed by atoms with Crippen molar-refractivity contribution in [2.75, 3.05) is 11.9 Å². The Labute approximate surface area is 141 Å². The molecule has 0 bridgehead atoms. The highest BCUT2D eigenvalue weighted by Crippen LogP contribution is 2.17. The van der Waals surface area contributed by atoms with Crippen LogP contribution in [0.1, 0.15) is 18.5 Å². The van der Waals surface area contributed by atoms with Gasteiger partial charge < -0.3 is 15.4 Å². The Hall–Kier alpha value is -2.61. The molecule has 0 aliphatic heterocycles. The summed E-state index contributed by atoms with van der Waals surface area (Å²) in [7, 11) is 0.